The Balaban J connectivity index is 2.09. The van der Waals surface area contributed by atoms with Crippen LogP contribution in [0, 0.1) is 5.41 Å². The predicted octanol–water partition coefficient (Wildman–Crippen LogP) is 1.93. The lowest BCUT2D eigenvalue weighted by atomic mass is 9.79. The molecule has 2 unspecified atom stereocenters. The van der Waals surface area contributed by atoms with E-state index in [1.165, 1.54) is 25.7 Å². The molecule has 0 aromatic carbocycles. The molecule has 2 fully saturated rings. The highest BCUT2D eigenvalue weighted by Gasteiger charge is 2.37. The van der Waals surface area contributed by atoms with E-state index < -0.39 is 0 Å². The molecule has 2 atom stereocenters. The summed E-state index contributed by atoms with van der Waals surface area (Å²) in [6, 6.07) is 1.71. The van der Waals surface area contributed by atoms with Gasteiger partial charge < -0.3 is 5.32 Å². The van der Waals surface area contributed by atoms with Crippen molar-refractivity contribution >= 4 is 0 Å². The third kappa shape index (κ3) is 1.07. The molecule has 2 rings (SSSR count). The van der Waals surface area contributed by atoms with Crippen LogP contribution >= 0.6 is 0 Å². The first kappa shape index (κ1) is 6.66. The molecule has 1 nitrogen and oxygen atoms in total. The number of hydrogen-bond donors (Lipinski definition) is 1. The van der Waals surface area contributed by atoms with E-state index in [1.54, 1.807) is 0 Å². The zero-order valence-electron chi connectivity index (χ0n) is 6.98. The lowest BCUT2D eigenvalue weighted by Gasteiger charge is -2.35. The predicted molar refractivity (Wildman–Crippen MR) is 43.0 cm³/mol. The van der Waals surface area contributed by atoms with Gasteiger partial charge in [-0.05, 0) is 31.1 Å². The third-order valence-electron chi connectivity index (χ3n) is 2.93. The Morgan fingerprint density at radius 3 is 2.10 bits per heavy atom. The van der Waals surface area contributed by atoms with E-state index in [4.69, 9.17) is 0 Å². The molecule has 0 radical (unpaired) electrons. The van der Waals surface area contributed by atoms with Crippen molar-refractivity contribution in [2.75, 3.05) is 0 Å². The molecule has 0 aromatic heterocycles. The summed E-state index contributed by atoms with van der Waals surface area (Å²) in [4.78, 5) is 0. The zero-order chi connectivity index (χ0) is 7.19. The second-order valence-corrected chi connectivity index (χ2v) is 4.71. The summed E-state index contributed by atoms with van der Waals surface area (Å²) in [6.07, 6.45) is 5.63. The first-order chi connectivity index (χ1) is 4.66. The standard InChI is InChI=1S/C9H17N/c1-9(2)5-7-3-4-8(6-9)10-7/h7-8,10H,3-6H2,1-2H3. The SMILES string of the molecule is CC1(C)CC2CCC(C1)N2. The Bertz CT molecular complexity index is 126. The van der Waals surface area contributed by atoms with E-state index in [2.05, 4.69) is 19.2 Å². The average molecular weight is 139 g/mol. The molecule has 2 aliphatic heterocycles. The van der Waals surface area contributed by atoms with Gasteiger partial charge in [0, 0.05) is 12.1 Å². The molecule has 2 saturated heterocycles. The van der Waals surface area contributed by atoms with E-state index in [1.807, 2.05) is 0 Å². The highest BCUT2D eigenvalue weighted by molar-refractivity contribution is 4.95. The lowest BCUT2D eigenvalue weighted by Crippen LogP contribution is -2.41. The summed E-state index contributed by atoms with van der Waals surface area (Å²) in [5, 5.41) is 3.65. The van der Waals surface area contributed by atoms with E-state index >= 15 is 0 Å². The molecule has 0 aliphatic carbocycles. The maximum Gasteiger partial charge on any atom is 0.00753 e. The zero-order valence-corrected chi connectivity index (χ0v) is 6.98. The van der Waals surface area contributed by atoms with E-state index in [9.17, 15) is 0 Å². The minimum absolute atomic E-state index is 0.622. The van der Waals surface area contributed by atoms with Crippen LogP contribution in [0.4, 0.5) is 0 Å². The highest BCUT2D eigenvalue weighted by atomic mass is 15.0. The summed E-state index contributed by atoms with van der Waals surface area (Å²) < 4.78 is 0. The fourth-order valence-corrected chi connectivity index (χ4v) is 2.64. The monoisotopic (exact) mass is 139 g/mol. The van der Waals surface area contributed by atoms with Crippen LogP contribution < -0.4 is 5.32 Å². The van der Waals surface area contributed by atoms with Gasteiger partial charge in [-0.2, -0.15) is 0 Å². The van der Waals surface area contributed by atoms with Crippen molar-refractivity contribution in [3.05, 3.63) is 0 Å². The molecular weight excluding hydrogens is 122 g/mol. The van der Waals surface area contributed by atoms with Crippen LogP contribution in [0.2, 0.25) is 0 Å². The minimum Gasteiger partial charge on any atom is -0.311 e. The van der Waals surface area contributed by atoms with Crippen molar-refractivity contribution in [3.63, 3.8) is 0 Å². The second-order valence-electron chi connectivity index (χ2n) is 4.71. The van der Waals surface area contributed by atoms with Gasteiger partial charge in [-0.3, -0.25) is 0 Å². The van der Waals surface area contributed by atoms with Gasteiger partial charge >= 0.3 is 0 Å². The lowest BCUT2D eigenvalue weighted by molar-refractivity contribution is 0.206. The van der Waals surface area contributed by atoms with Gasteiger partial charge in [-0.15, -0.1) is 0 Å². The number of piperidine rings is 1. The molecule has 0 spiro atoms. The number of rotatable bonds is 0. The van der Waals surface area contributed by atoms with Crippen LogP contribution in [0.5, 0.6) is 0 Å². The summed E-state index contributed by atoms with van der Waals surface area (Å²) in [7, 11) is 0. The molecule has 58 valence electrons. The van der Waals surface area contributed by atoms with Crippen LogP contribution in [0.3, 0.4) is 0 Å². The minimum atomic E-state index is 0.622. The normalized spacial score (nSPS) is 43.8. The molecule has 0 aromatic rings. The highest BCUT2D eigenvalue weighted by Crippen LogP contribution is 2.38. The smallest absolute Gasteiger partial charge is 0.00753 e. The van der Waals surface area contributed by atoms with Crippen molar-refractivity contribution in [2.45, 2.75) is 51.6 Å². The molecule has 2 bridgehead atoms. The molecule has 10 heavy (non-hydrogen) atoms. The quantitative estimate of drug-likeness (QED) is 0.540. The molecule has 2 heterocycles. The Labute approximate surface area is 63.2 Å². The van der Waals surface area contributed by atoms with Gasteiger partial charge in [0.1, 0.15) is 0 Å². The summed E-state index contributed by atoms with van der Waals surface area (Å²) in [6.45, 7) is 4.80. The van der Waals surface area contributed by atoms with Gasteiger partial charge in [0.15, 0.2) is 0 Å². The number of fused-ring (bicyclic) bond motifs is 2. The summed E-state index contributed by atoms with van der Waals surface area (Å²) >= 11 is 0. The Hall–Kier alpha value is -0.0400. The molecule has 0 saturated carbocycles. The number of hydrogen-bond acceptors (Lipinski definition) is 1. The van der Waals surface area contributed by atoms with Crippen LogP contribution in [0.1, 0.15) is 39.5 Å². The van der Waals surface area contributed by atoms with E-state index in [0.717, 1.165) is 12.1 Å². The van der Waals surface area contributed by atoms with Crippen LogP contribution in [0.25, 0.3) is 0 Å². The Morgan fingerprint density at radius 2 is 1.60 bits per heavy atom. The van der Waals surface area contributed by atoms with Crippen LogP contribution in [-0.2, 0) is 0 Å². The van der Waals surface area contributed by atoms with Crippen molar-refractivity contribution in [2.24, 2.45) is 5.41 Å². The maximum atomic E-state index is 3.65. The van der Waals surface area contributed by atoms with Gasteiger partial charge in [-0.1, -0.05) is 13.8 Å². The van der Waals surface area contributed by atoms with Gasteiger partial charge in [0.25, 0.3) is 0 Å². The second kappa shape index (κ2) is 1.97. The van der Waals surface area contributed by atoms with Gasteiger partial charge in [-0.25, -0.2) is 0 Å². The van der Waals surface area contributed by atoms with Crippen LogP contribution in [-0.4, -0.2) is 12.1 Å². The van der Waals surface area contributed by atoms with Gasteiger partial charge in [0.2, 0.25) is 0 Å². The Morgan fingerprint density at radius 1 is 1.10 bits per heavy atom. The summed E-state index contributed by atoms with van der Waals surface area (Å²) in [5.74, 6) is 0. The van der Waals surface area contributed by atoms with Crippen LogP contribution in [0.15, 0.2) is 0 Å². The van der Waals surface area contributed by atoms with Gasteiger partial charge in [0.05, 0.1) is 0 Å². The average Bonchev–Trinajstić information content (AvgIpc) is 2.08. The largest absolute Gasteiger partial charge is 0.311 e. The fraction of sp³-hybridized carbons (Fsp3) is 1.00. The molecule has 0 amide bonds. The fourth-order valence-electron chi connectivity index (χ4n) is 2.64. The summed E-state index contributed by atoms with van der Waals surface area (Å²) in [5.41, 5.74) is 0.622. The first-order valence-electron chi connectivity index (χ1n) is 4.42. The van der Waals surface area contributed by atoms with E-state index in [0.29, 0.717) is 5.41 Å². The molecular formula is C9H17N. The van der Waals surface area contributed by atoms with Crippen molar-refractivity contribution in [1.82, 2.24) is 5.32 Å². The first-order valence-corrected chi connectivity index (χ1v) is 4.42. The third-order valence-corrected chi connectivity index (χ3v) is 2.93. The Kier molecular flexibility index (Phi) is 1.31. The van der Waals surface area contributed by atoms with E-state index in [-0.39, 0.29) is 0 Å². The molecule has 1 N–H and O–H groups in total. The number of nitrogens with one attached hydrogen (secondary N) is 1. The van der Waals surface area contributed by atoms with Crippen molar-refractivity contribution in [1.29, 1.82) is 0 Å². The molecule has 2 aliphatic rings. The topological polar surface area (TPSA) is 12.0 Å². The van der Waals surface area contributed by atoms with Crippen molar-refractivity contribution in [3.8, 4) is 0 Å². The van der Waals surface area contributed by atoms with Crippen molar-refractivity contribution < 1.29 is 0 Å². The maximum absolute atomic E-state index is 3.65. The molecule has 1 heteroatoms.